The van der Waals surface area contributed by atoms with Gasteiger partial charge in [-0.15, -0.1) is 5.10 Å². The van der Waals surface area contributed by atoms with Gasteiger partial charge in [-0.3, -0.25) is 4.79 Å². The Morgan fingerprint density at radius 3 is 2.65 bits per heavy atom. The van der Waals surface area contributed by atoms with Gasteiger partial charge in [-0.25, -0.2) is 9.50 Å². The SMILES string of the molecule is CC(C)c1c(NC(=O)C(F)(F)F)nn2ccc(Cl)nc12. The van der Waals surface area contributed by atoms with Crippen molar-refractivity contribution >= 4 is 29.0 Å². The standard InChI is InChI=1S/C11H10ClF3N4O/c1-5(2)7-8(17-10(20)11(13,14)15)18-19-4-3-6(12)16-9(7)19/h3-5H,1-2H3,(H,17,18,20). The number of aromatic nitrogens is 3. The first-order valence-corrected chi connectivity index (χ1v) is 6.01. The monoisotopic (exact) mass is 306 g/mol. The molecule has 108 valence electrons. The molecule has 2 heterocycles. The summed E-state index contributed by atoms with van der Waals surface area (Å²) in [6.45, 7) is 3.51. The van der Waals surface area contributed by atoms with Crippen molar-refractivity contribution in [3.8, 4) is 0 Å². The largest absolute Gasteiger partial charge is 0.471 e. The Hall–Kier alpha value is -1.83. The van der Waals surface area contributed by atoms with E-state index in [0.29, 0.717) is 11.2 Å². The lowest BCUT2D eigenvalue weighted by atomic mass is 10.1. The molecule has 0 aliphatic rings. The smallest absolute Gasteiger partial charge is 0.301 e. The minimum atomic E-state index is -4.98. The third kappa shape index (κ3) is 2.69. The fourth-order valence-electron chi connectivity index (χ4n) is 1.73. The molecule has 0 spiro atoms. The van der Waals surface area contributed by atoms with E-state index < -0.39 is 12.1 Å². The summed E-state index contributed by atoms with van der Waals surface area (Å²) in [5.74, 6) is -2.44. The number of amides is 1. The fraction of sp³-hybridized carbons (Fsp3) is 0.364. The number of rotatable bonds is 2. The third-order valence-corrected chi connectivity index (χ3v) is 2.76. The molecule has 0 aliphatic heterocycles. The number of hydrogen-bond donors (Lipinski definition) is 1. The highest BCUT2D eigenvalue weighted by atomic mass is 35.5. The molecule has 0 fully saturated rings. The zero-order valence-electron chi connectivity index (χ0n) is 10.5. The van der Waals surface area contributed by atoms with Gasteiger partial charge in [-0.05, 0) is 12.0 Å². The first-order chi connectivity index (χ1) is 9.20. The van der Waals surface area contributed by atoms with Crippen molar-refractivity contribution < 1.29 is 18.0 Å². The topological polar surface area (TPSA) is 59.3 Å². The summed E-state index contributed by atoms with van der Waals surface area (Å²) < 4.78 is 38.2. The van der Waals surface area contributed by atoms with Crippen molar-refractivity contribution in [1.82, 2.24) is 14.6 Å². The number of anilines is 1. The maximum Gasteiger partial charge on any atom is 0.471 e. The summed E-state index contributed by atoms with van der Waals surface area (Å²) in [6.07, 6.45) is -3.52. The highest BCUT2D eigenvalue weighted by Crippen LogP contribution is 2.29. The molecule has 0 saturated carbocycles. The van der Waals surface area contributed by atoms with Crippen molar-refractivity contribution in [1.29, 1.82) is 0 Å². The lowest BCUT2D eigenvalue weighted by molar-refractivity contribution is -0.167. The Balaban J connectivity index is 2.53. The number of nitrogens with one attached hydrogen (secondary N) is 1. The summed E-state index contributed by atoms with van der Waals surface area (Å²) in [7, 11) is 0. The van der Waals surface area contributed by atoms with Crippen LogP contribution in [0.25, 0.3) is 5.65 Å². The second-order valence-corrected chi connectivity index (χ2v) is 4.77. The maximum absolute atomic E-state index is 12.3. The van der Waals surface area contributed by atoms with Gasteiger partial charge < -0.3 is 5.32 Å². The number of alkyl halides is 3. The molecule has 0 bridgehead atoms. The van der Waals surface area contributed by atoms with E-state index in [9.17, 15) is 18.0 Å². The Labute approximate surface area is 116 Å². The van der Waals surface area contributed by atoms with Crippen LogP contribution in [0.1, 0.15) is 25.3 Å². The zero-order valence-corrected chi connectivity index (χ0v) is 11.2. The van der Waals surface area contributed by atoms with Crippen LogP contribution in [0.4, 0.5) is 19.0 Å². The third-order valence-electron chi connectivity index (χ3n) is 2.55. The van der Waals surface area contributed by atoms with Gasteiger partial charge in [-0.1, -0.05) is 25.4 Å². The molecule has 1 amide bonds. The number of carbonyl (C=O) groups is 1. The van der Waals surface area contributed by atoms with Gasteiger partial charge in [0, 0.05) is 11.8 Å². The van der Waals surface area contributed by atoms with Crippen LogP contribution in [0.15, 0.2) is 12.3 Å². The molecular weight excluding hydrogens is 297 g/mol. The van der Waals surface area contributed by atoms with Gasteiger partial charge in [0.05, 0.1) is 0 Å². The molecule has 0 aliphatic carbocycles. The predicted molar refractivity (Wildman–Crippen MR) is 66.8 cm³/mol. The summed E-state index contributed by atoms with van der Waals surface area (Å²) in [4.78, 5) is 15.0. The van der Waals surface area contributed by atoms with Crippen molar-refractivity contribution in [3.05, 3.63) is 23.0 Å². The lowest BCUT2D eigenvalue weighted by Gasteiger charge is -2.09. The fourth-order valence-corrected chi connectivity index (χ4v) is 1.86. The second kappa shape index (κ2) is 4.93. The van der Waals surface area contributed by atoms with Crippen molar-refractivity contribution in [2.45, 2.75) is 25.9 Å². The lowest BCUT2D eigenvalue weighted by Crippen LogP contribution is -2.30. The molecule has 0 aromatic carbocycles. The van der Waals surface area contributed by atoms with Crippen LogP contribution in [0.2, 0.25) is 5.15 Å². The van der Waals surface area contributed by atoms with Crippen LogP contribution in [-0.2, 0) is 4.79 Å². The van der Waals surface area contributed by atoms with E-state index in [1.54, 1.807) is 19.2 Å². The summed E-state index contributed by atoms with van der Waals surface area (Å²) in [5.41, 5.74) is 0.704. The van der Waals surface area contributed by atoms with E-state index in [1.165, 1.54) is 16.8 Å². The van der Waals surface area contributed by atoms with E-state index in [2.05, 4.69) is 10.1 Å². The van der Waals surface area contributed by atoms with Gasteiger partial charge in [0.1, 0.15) is 5.15 Å². The highest BCUT2D eigenvalue weighted by Gasteiger charge is 2.39. The van der Waals surface area contributed by atoms with Crippen LogP contribution in [0, 0.1) is 0 Å². The molecule has 0 unspecified atom stereocenters. The zero-order chi connectivity index (χ0) is 15.1. The molecule has 0 atom stereocenters. The van der Waals surface area contributed by atoms with Crippen LogP contribution in [-0.4, -0.2) is 26.7 Å². The molecule has 2 aromatic heterocycles. The normalized spacial score (nSPS) is 12.2. The molecule has 0 saturated heterocycles. The Morgan fingerprint density at radius 1 is 1.45 bits per heavy atom. The quantitative estimate of drug-likeness (QED) is 0.868. The van der Waals surface area contributed by atoms with Crippen molar-refractivity contribution in [3.63, 3.8) is 0 Å². The van der Waals surface area contributed by atoms with E-state index in [4.69, 9.17) is 11.6 Å². The predicted octanol–water partition coefficient (Wildman–Crippen LogP) is 3.01. The Morgan fingerprint density at radius 2 is 2.10 bits per heavy atom. The van der Waals surface area contributed by atoms with Gasteiger partial charge >= 0.3 is 12.1 Å². The number of halogens is 4. The van der Waals surface area contributed by atoms with Crippen LogP contribution < -0.4 is 5.32 Å². The molecule has 9 heteroatoms. The molecule has 2 rings (SSSR count). The number of hydrogen-bond acceptors (Lipinski definition) is 3. The van der Waals surface area contributed by atoms with Gasteiger partial charge in [0.15, 0.2) is 11.5 Å². The summed E-state index contributed by atoms with van der Waals surface area (Å²) in [5, 5.41) is 5.84. The van der Waals surface area contributed by atoms with Crippen molar-refractivity contribution in [2.24, 2.45) is 0 Å². The second-order valence-electron chi connectivity index (χ2n) is 4.39. The van der Waals surface area contributed by atoms with E-state index in [-0.39, 0.29) is 16.9 Å². The summed E-state index contributed by atoms with van der Waals surface area (Å²) >= 11 is 5.76. The molecule has 2 aromatic rings. The van der Waals surface area contributed by atoms with Gasteiger partial charge in [0.25, 0.3) is 0 Å². The molecular formula is C11H10ClF3N4O. The first-order valence-electron chi connectivity index (χ1n) is 5.63. The molecule has 5 nitrogen and oxygen atoms in total. The van der Waals surface area contributed by atoms with E-state index >= 15 is 0 Å². The Kier molecular flexibility index (Phi) is 3.59. The van der Waals surface area contributed by atoms with Crippen LogP contribution in [0.3, 0.4) is 0 Å². The number of fused-ring (bicyclic) bond motifs is 1. The molecule has 0 radical (unpaired) electrons. The summed E-state index contributed by atoms with van der Waals surface area (Å²) in [6, 6.07) is 1.45. The number of carbonyl (C=O) groups excluding carboxylic acids is 1. The van der Waals surface area contributed by atoms with E-state index in [0.717, 1.165) is 0 Å². The highest BCUT2D eigenvalue weighted by molar-refractivity contribution is 6.29. The minimum Gasteiger partial charge on any atom is -0.301 e. The maximum atomic E-state index is 12.3. The van der Waals surface area contributed by atoms with Crippen LogP contribution >= 0.6 is 11.6 Å². The van der Waals surface area contributed by atoms with Gasteiger partial charge in [0.2, 0.25) is 0 Å². The van der Waals surface area contributed by atoms with Gasteiger partial charge in [-0.2, -0.15) is 13.2 Å². The minimum absolute atomic E-state index is 0.169. The molecule has 20 heavy (non-hydrogen) atoms. The van der Waals surface area contributed by atoms with Crippen LogP contribution in [0.5, 0.6) is 0 Å². The first kappa shape index (κ1) is 14.6. The van der Waals surface area contributed by atoms with E-state index in [1.807, 2.05) is 0 Å². The average Bonchev–Trinajstić information content (AvgIpc) is 2.64. The number of nitrogens with zero attached hydrogens (tertiary/aromatic N) is 3. The van der Waals surface area contributed by atoms with Crippen molar-refractivity contribution in [2.75, 3.05) is 5.32 Å². The Bertz CT molecular complexity index is 665. The average molecular weight is 307 g/mol. The molecule has 1 N–H and O–H groups in total.